The largest absolute Gasteiger partial charge is 0.492 e. The van der Waals surface area contributed by atoms with Crippen molar-refractivity contribution in [1.82, 2.24) is 10.3 Å². The molecule has 1 N–H and O–H groups in total. The Labute approximate surface area is 110 Å². The number of aromatic nitrogens is 1. The molecule has 0 aliphatic rings. The third-order valence-corrected chi connectivity index (χ3v) is 2.86. The lowest BCUT2D eigenvalue weighted by atomic mass is 10.0. The summed E-state index contributed by atoms with van der Waals surface area (Å²) >= 11 is 0. The Morgan fingerprint density at radius 3 is 2.72 bits per heavy atom. The molecule has 1 heterocycles. The Bertz CT molecular complexity index is 344. The second-order valence-electron chi connectivity index (χ2n) is 4.26. The summed E-state index contributed by atoms with van der Waals surface area (Å²) in [6.07, 6.45) is 4.79. The van der Waals surface area contributed by atoms with Crippen LogP contribution in [-0.4, -0.2) is 31.3 Å². The smallest absolute Gasteiger partial charge is 0.137 e. The summed E-state index contributed by atoms with van der Waals surface area (Å²) in [5.41, 5.74) is 1.10. The lowest BCUT2D eigenvalue weighted by Crippen LogP contribution is -2.32. The molecule has 2 unspecified atom stereocenters. The van der Waals surface area contributed by atoms with Crippen molar-refractivity contribution in [3.05, 3.63) is 24.0 Å². The summed E-state index contributed by atoms with van der Waals surface area (Å²) in [6.45, 7) is 7.78. The lowest BCUT2D eigenvalue weighted by molar-refractivity contribution is 0.0828. The van der Waals surface area contributed by atoms with Crippen molar-refractivity contribution >= 4 is 0 Å². The van der Waals surface area contributed by atoms with E-state index in [9.17, 15) is 0 Å². The Kier molecular flexibility index (Phi) is 6.68. The van der Waals surface area contributed by atoms with E-state index in [0.717, 1.165) is 24.3 Å². The van der Waals surface area contributed by atoms with Crippen LogP contribution in [-0.2, 0) is 4.74 Å². The minimum Gasteiger partial charge on any atom is -0.492 e. The number of hydrogen-bond donors (Lipinski definition) is 1. The molecular formula is C14H24N2O2. The normalized spacial score (nSPS) is 14.2. The number of hydrogen-bond acceptors (Lipinski definition) is 4. The Balaban J connectivity index is 2.85. The molecule has 4 heteroatoms. The van der Waals surface area contributed by atoms with E-state index in [2.05, 4.69) is 24.1 Å². The first-order chi connectivity index (χ1) is 8.72. The fourth-order valence-corrected chi connectivity index (χ4v) is 1.84. The van der Waals surface area contributed by atoms with Crippen molar-refractivity contribution in [2.45, 2.75) is 39.3 Å². The van der Waals surface area contributed by atoms with Crippen LogP contribution in [0.25, 0.3) is 0 Å². The lowest BCUT2D eigenvalue weighted by Gasteiger charge is -2.24. The van der Waals surface area contributed by atoms with Crippen LogP contribution in [0.1, 0.15) is 38.8 Å². The topological polar surface area (TPSA) is 43.4 Å². The van der Waals surface area contributed by atoms with Gasteiger partial charge in [0, 0.05) is 13.3 Å². The molecule has 4 nitrogen and oxygen atoms in total. The average Bonchev–Trinajstić information content (AvgIpc) is 2.39. The number of nitrogens with zero attached hydrogens (tertiary/aromatic N) is 1. The van der Waals surface area contributed by atoms with Gasteiger partial charge in [-0.3, -0.25) is 4.98 Å². The average molecular weight is 252 g/mol. The van der Waals surface area contributed by atoms with Gasteiger partial charge in [-0.05, 0) is 38.4 Å². The summed E-state index contributed by atoms with van der Waals surface area (Å²) < 4.78 is 10.9. The van der Waals surface area contributed by atoms with Gasteiger partial charge < -0.3 is 14.8 Å². The maximum Gasteiger partial charge on any atom is 0.137 e. The molecule has 2 atom stereocenters. The Hall–Kier alpha value is -1.13. The zero-order valence-electron chi connectivity index (χ0n) is 11.8. The number of ether oxygens (including phenoxy) is 2. The van der Waals surface area contributed by atoms with Crippen molar-refractivity contribution in [2.75, 3.05) is 20.3 Å². The molecule has 0 amide bonds. The number of nitrogens with one attached hydrogen (secondary N) is 1. The number of pyridine rings is 1. The second-order valence-corrected chi connectivity index (χ2v) is 4.26. The minimum atomic E-state index is 0.0928. The van der Waals surface area contributed by atoms with E-state index in [1.807, 2.05) is 19.2 Å². The van der Waals surface area contributed by atoms with E-state index < -0.39 is 0 Å². The van der Waals surface area contributed by atoms with Crippen molar-refractivity contribution in [3.63, 3.8) is 0 Å². The molecule has 0 fully saturated rings. The molecule has 0 aromatic carbocycles. The highest BCUT2D eigenvalue weighted by Crippen LogP contribution is 2.22. The van der Waals surface area contributed by atoms with Gasteiger partial charge in [0.1, 0.15) is 5.75 Å². The van der Waals surface area contributed by atoms with Gasteiger partial charge in [0.15, 0.2) is 0 Å². The molecule has 0 bridgehead atoms. The molecule has 102 valence electrons. The van der Waals surface area contributed by atoms with E-state index in [1.54, 1.807) is 13.3 Å². The van der Waals surface area contributed by atoms with Crippen molar-refractivity contribution in [1.29, 1.82) is 0 Å². The Morgan fingerprint density at radius 2 is 2.11 bits per heavy atom. The molecule has 0 aliphatic carbocycles. The maximum atomic E-state index is 5.48. The van der Waals surface area contributed by atoms with Gasteiger partial charge in [-0.1, -0.05) is 6.92 Å². The van der Waals surface area contributed by atoms with Crippen LogP contribution in [0, 0.1) is 0 Å². The second kappa shape index (κ2) is 8.06. The van der Waals surface area contributed by atoms with Gasteiger partial charge >= 0.3 is 0 Å². The quantitative estimate of drug-likeness (QED) is 0.772. The van der Waals surface area contributed by atoms with E-state index in [-0.39, 0.29) is 12.1 Å². The van der Waals surface area contributed by atoms with Crippen molar-refractivity contribution in [3.8, 4) is 5.75 Å². The summed E-state index contributed by atoms with van der Waals surface area (Å²) in [4.78, 5) is 4.23. The van der Waals surface area contributed by atoms with Crippen LogP contribution >= 0.6 is 0 Å². The highest BCUT2D eigenvalue weighted by atomic mass is 16.5. The van der Waals surface area contributed by atoms with Crippen molar-refractivity contribution in [2.24, 2.45) is 0 Å². The maximum absolute atomic E-state index is 5.48. The molecule has 1 rings (SSSR count). The molecule has 0 saturated heterocycles. The SMILES string of the molecule is CCCNC(c1cncc(OCC)c1)C(C)OC. The van der Waals surface area contributed by atoms with Crippen LogP contribution in [0.15, 0.2) is 18.5 Å². The molecule has 18 heavy (non-hydrogen) atoms. The number of methoxy groups -OCH3 is 1. The van der Waals surface area contributed by atoms with Crippen LogP contribution < -0.4 is 10.1 Å². The number of rotatable bonds is 8. The van der Waals surface area contributed by atoms with Crippen LogP contribution in [0.5, 0.6) is 5.75 Å². The zero-order valence-corrected chi connectivity index (χ0v) is 11.8. The van der Waals surface area contributed by atoms with Gasteiger partial charge in [0.25, 0.3) is 0 Å². The third kappa shape index (κ3) is 4.27. The van der Waals surface area contributed by atoms with E-state index in [0.29, 0.717) is 6.61 Å². The van der Waals surface area contributed by atoms with E-state index >= 15 is 0 Å². The highest BCUT2D eigenvalue weighted by molar-refractivity contribution is 5.26. The first-order valence-electron chi connectivity index (χ1n) is 6.56. The fourth-order valence-electron chi connectivity index (χ4n) is 1.84. The fraction of sp³-hybridized carbons (Fsp3) is 0.643. The summed E-state index contributed by atoms with van der Waals surface area (Å²) in [7, 11) is 1.73. The molecule has 1 aromatic rings. The molecule has 0 saturated carbocycles. The highest BCUT2D eigenvalue weighted by Gasteiger charge is 2.19. The first kappa shape index (κ1) is 14.9. The predicted octanol–water partition coefficient (Wildman–Crippen LogP) is 2.56. The van der Waals surface area contributed by atoms with Gasteiger partial charge in [-0.2, -0.15) is 0 Å². The van der Waals surface area contributed by atoms with Crippen molar-refractivity contribution < 1.29 is 9.47 Å². The third-order valence-electron chi connectivity index (χ3n) is 2.86. The van der Waals surface area contributed by atoms with Gasteiger partial charge in [-0.15, -0.1) is 0 Å². The van der Waals surface area contributed by atoms with Gasteiger partial charge in [0.2, 0.25) is 0 Å². The van der Waals surface area contributed by atoms with Crippen LogP contribution in [0.2, 0.25) is 0 Å². The van der Waals surface area contributed by atoms with E-state index in [1.165, 1.54) is 0 Å². The summed E-state index contributed by atoms with van der Waals surface area (Å²) in [6, 6.07) is 2.17. The molecule has 0 spiro atoms. The van der Waals surface area contributed by atoms with Crippen LogP contribution in [0.4, 0.5) is 0 Å². The molecule has 0 aliphatic heterocycles. The first-order valence-corrected chi connectivity index (χ1v) is 6.56. The zero-order chi connectivity index (χ0) is 13.4. The monoisotopic (exact) mass is 252 g/mol. The van der Waals surface area contributed by atoms with E-state index in [4.69, 9.17) is 9.47 Å². The standard InChI is InChI=1S/C14H24N2O2/c1-5-7-16-14(11(3)17-4)12-8-13(18-6-2)10-15-9-12/h8-11,14,16H,5-7H2,1-4H3. The molecule has 1 aromatic heterocycles. The summed E-state index contributed by atoms with van der Waals surface area (Å²) in [5.74, 6) is 0.807. The van der Waals surface area contributed by atoms with Gasteiger partial charge in [-0.25, -0.2) is 0 Å². The summed E-state index contributed by atoms with van der Waals surface area (Å²) in [5, 5.41) is 3.49. The predicted molar refractivity (Wildman–Crippen MR) is 72.9 cm³/mol. The van der Waals surface area contributed by atoms with Gasteiger partial charge in [0.05, 0.1) is 24.9 Å². The molecule has 0 radical (unpaired) electrons. The molecular weight excluding hydrogens is 228 g/mol. The minimum absolute atomic E-state index is 0.0928. The van der Waals surface area contributed by atoms with Crippen LogP contribution in [0.3, 0.4) is 0 Å². The Morgan fingerprint density at radius 1 is 1.33 bits per heavy atom.